The molecule has 0 aliphatic carbocycles. The van der Waals surface area contributed by atoms with Gasteiger partial charge >= 0.3 is 0 Å². The van der Waals surface area contributed by atoms with Gasteiger partial charge in [0.25, 0.3) is 15.9 Å². The van der Waals surface area contributed by atoms with Crippen molar-refractivity contribution < 1.29 is 22.7 Å². The number of ether oxygens (including phenoxy) is 2. The summed E-state index contributed by atoms with van der Waals surface area (Å²) < 4.78 is 40.3. The first-order valence-electron chi connectivity index (χ1n) is 12.8. The van der Waals surface area contributed by atoms with Crippen molar-refractivity contribution in [3.8, 4) is 11.5 Å². The number of aryl methyl sites for hydroxylation is 2. The molecule has 0 unspecified atom stereocenters. The van der Waals surface area contributed by atoms with Gasteiger partial charge < -0.3 is 9.47 Å². The van der Waals surface area contributed by atoms with Gasteiger partial charge in [0.15, 0.2) is 11.5 Å². The van der Waals surface area contributed by atoms with E-state index in [4.69, 9.17) is 21.1 Å². The van der Waals surface area contributed by atoms with Crippen LogP contribution in [0.15, 0.2) is 99.4 Å². The van der Waals surface area contributed by atoms with E-state index in [0.29, 0.717) is 38.9 Å². The average molecular weight is 671 g/mol. The van der Waals surface area contributed by atoms with E-state index < -0.39 is 22.5 Å². The number of anilines is 1. The Bertz CT molecular complexity index is 1700. The summed E-state index contributed by atoms with van der Waals surface area (Å²) in [6, 6.07) is 24.2. The molecule has 0 saturated heterocycles. The number of sulfonamides is 1. The van der Waals surface area contributed by atoms with Gasteiger partial charge in [-0.15, -0.1) is 0 Å². The average Bonchev–Trinajstić information content (AvgIpc) is 2.96. The van der Waals surface area contributed by atoms with Gasteiger partial charge in [0.05, 0.1) is 28.4 Å². The fourth-order valence-corrected chi connectivity index (χ4v) is 6.08. The number of benzene rings is 4. The van der Waals surface area contributed by atoms with E-state index in [-0.39, 0.29) is 4.90 Å². The van der Waals surface area contributed by atoms with E-state index in [0.717, 1.165) is 21.0 Å². The van der Waals surface area contributed by atoms with Crippen LogP contribution in [0.25, 0.3) is 0 Å². The lowest BCUT2D eigenvalue weighted by Gasteiger charge is -2.24. The Morgan fingerprint density at radius 3 is 2.38 bits per heavy atom. The molecule has 0 fully saturated rings. The lowest BCUT2D eigenvalue weighted by Crippen LogP contribution is -2.39. The number of methoxy groups -OCH3 is 1. The van der Waals surface area contributed by atoms with E-state index in [1.165, 1.54) is 25.5 Å². The van der Waals surface area contributed by atoms with Crippen molar-refractivity contribution in [3.63, 3.8) is 0 Å². The molecule has 0 bridgehead atoms. The fraction of sp³-hybridized carbons (Fsp3) is 0.161. The van der Waals surface area contributed by atoms with Crippen molar-refractivity contribution >= 4 is 55.4 Å². The highest BCUT2D eigenvalue weighted by Crippen LogP contribution is 2.37. The second-order valence-electron chi connectivity index (χ2n) is 9.41. The van der Waals surface area contributed by atoms with Gasteiger partial charge in [0.2, 0.25) is 0 Å². The molecule has 0 aliphatic rings. The first kappa shape index (κ1) is 31.1. The van der Waals surface area contributed by atoms with Gasteiger partial charge in [-0.1, -0.05) is 53.6 Å². The fourth-order valence-electron chi connectivity index (χ4n) is 3.97. The number of hydrazone groups is 1. The summed E-state index contributed by atoms with van der Waals surface area (Å²) in [4.78, 5) is 13.0. The van der Waals surface area contributed by atoms with E-state index in [1.807, 2.05) is 32.0 Å². The van der Waals surface area contributed by atoms with Gasteiger partial charge in [0, 0.05) is 5.02 Å². The van der Waals surface area contributed by atoms with Crippen LogP contribution in [-0.2, 0) is 21.4 Å². The number of hydrogen-bond donors (Lipinski definition) is 1. The Morgan fingerprint density at radius 1 is 1.00 bits per heavy atom. The molecular formula is C31H29BrClN3O5S. The SMILES string of the molecule is COc1cc(/C=N\NC(=O)CN(c2cccc(C)c2)S(=O)(=O)c2ccc(C)cc2)cc(Br)c1OCc1ccc(Cl)cc1. The molecule has 0 aliphatic heterocycles. The van der Waals surface area contributed by atoms with Crippen LogP contribution in [0.4, 0.5) is 5.69 Å². The molecule has 0 aromatic heterocycles. The maximum atomic E-state index is 13.6. The second-order valence-corrected chi connectivity index (χ2v) is 12.6. The van der Waals surface area contributed by atoms with Crippen molar-refractivity contribution in [3.05, 3.63) is 117 Å². The minimum Gasteiger partial charge on any atom is -0.493 e. The molecule has 8 nitrogen and oxygen atoms in total. The predicted octanol–water partition coefficient (Wildman–Crippen LogP) is 6.65. The zero-order valence-electron chi connectivity index (χ0n) is 23.2. The Morgan fingerprint density at radius 2 is 1.71 bits per heavy atom. The van der Waals surface area contributed by atoms with Crippen molar-refractivity contribution in [2.24, 2.45) is 5.10 Å². The number of amides is 1. The highest BCUT2D eigenvalue weighted by molar-refractivity contribution is 9.10. The summed E-state index contributed by atoms with van der Waals surface area (Å²) in [5, 5.41) is 4.69. The molecule has 218 valence electrons. The maximum Gasteiger partial charge on any atom is 0.264 e. The third-order valence-electron chi connectivity index (χ3n) is 6.14. The standard InChI is InChI=1S/C31H29BrClN3O5S/c1-21-7-13-27(14-8-21)42(38,39)36(26-6-4-5-22(2)15-26)19-30(37)35-34-18-24-16-28(32)31(29(17-24)40-3)41-20-23-9-11-25(33)12-10-23/h4-18H,19-20H2,1-3H3,(H,35,37)/b34-18-. The zero-order valence-corrected chi connectivity index (χ0v) is 26.3. The van der Waals surface area contributed by atoms with E-state index >= 15 is 0 Å². The topological polar surface area (TPSA) is 97.3 Å². The molecule has 1 amide bonds. The molecule has 0 radical (unpaired) electrons. The molecule has 11 heteroatoms. The van der Waals surface area contributed by atoms with Crippen molar-refractivity contribution in [1.29, 1.82) is 0 Å². The number of nitrogens with zero attached hydrogens (tertiary/aromatic N) is 2. The first-order chi connectivity index (χ1) is 20.1. The van der Waals surface area contributed by atoms with E-state index in [9.17, 15) is 13.2 Å². The summed E-state index contributed by atoms with van der Waals surface area (Å²) in [6.45, 7) is 3.56. The molecule has 1 N–H and O–H groups in total. The molecule has 0 heterocycles. The lowest BCUT2D eigenvalue weighted by atomic mass is 10.2. The molecule has 42 heavy (non-hydrogen) atoms. The maximum absolute atomic E-state index is 13.6. The molecule has 0 atom stereocenters. The number of carbonyl (C=O) groups is 1. The largest absolute Gasteiger partial charge is 0.493 e. The Kier molecular flexibility index (Phi) is 10.3. The molecule has 4 rings (SSSR count). The third-order valence-corrected chi connectivity index (χ3v) is 8.77. The quantitative estimate of drug-likeness (QED) is 0.142. The van der Waals surface area contributed by atoms with E-state index in [2.05, 4.69) is 26.5 Å². The molecular weight excluding hydrogens is 642 g/mol. The third kappa shape index (κ3) is 7.90. The Hall–Kier alpha value is -3.86. The summed E-state index contributed by atoms with van der Waals surface area (Å²) >= 11 is 9.46. The summed E-state index contributed by atoms with van der Waals surface area (Å²) in [6.07, 6.45) is 1.43. The van der Waals surface area contributed by atoms with Gasteiger partial charge in [-0.05, 0) is 95.0 Å². The van der Waals surface area contributed by atoms with Crippen LogP contribution in [0, 0.1) is 13.8 Å². The van der Waals surface area contributed by atoms with E-state index in [1.54, 1.807) is 54.6 Å². The van der Waals surface area contributed by atoms with Gasteiger partial charge in [0.1, 0.15) is 13.2 Å². The summed E-state index contributed by atoms with van der Waals surface area (Å²) in [5.41, 5.74) is 6.13. The molecule has 4 aromatic carbocycles. The van der Waals surface area contributed by atoms with Crippen LogP contribution >= 0.6 is 27.5 Å². The highest BCUT2D eigenvalue weighted by Gasteiger charge is 2.27. The van der Waals surface area contributed by atoms with Crippen LogP contribution in [0.1, 0.15) is 22.3 Å². The number of hydrogen-bond acceptors (Lipinski definition) is 6. The number of rotatable bonds is 11. The predicted molar refractivity (Wildman–Crippen MR) is 169 cm³/mol. The Labute approximate surface area is 259 Å². The number of halogens is 2. The molecule has 0 saturated carbocycles. The number of nitrogens with one attached hydrogen (secondary N) is 1. The molecule has 0 spiro atoms. The van der Waals surface area contributed by atoms with Gasteiger partial charge in [-0.3, -0.25) is 9.10 Å². The minimum atomic E-state index is -4.03. The summed E-state index contributed by atoms with van der Waals surface area (Å²) in [7, 11) is -2.51. The first-order valence-corrected chi connectivity index (χ1v) is 15.4. The zero-order chi connectivity index (χ0) is 30.3. The number of carbonyl (C=O) groups excluding carboxylic acids is 1. The van der Waals surface area contributed by atoms with Gasteiger partial charge in [-0.2, -0.15) is 5.10 Å². The van der Waals surface area contributed by atoms with Crippen LogP contribution in [-0.4, -0.2) is 34.2 Å². The highest BCUT2D eigenvalue weighted by atomic mass is 79.9. The normalized spacial score (nSPS) is 11.4. The van der Waals surface area contributed by atoms with Crippen LogP contribution < -0.4 is 19.2 Å². The second kappa shape index (κ2) is 13.9. The van der Waals surface area contributed by atoms with Crippen molar-refractivity contribution in [2.45, 2.75) is 25.3 Å². The molecule has 4 aromatic rings. The summed E-state index contributed by atoms with van der Waals surface area (Å²) in [5.74, 6) is 0.349. The minimum absolute atomic E-state index is 0.0845. The van der Waals surface area contributed by atoms with Crippen LogP contribution in [0.3, 0.4) is 0 Å². The lowest BCUT2D eigenvalue weighted by molar-refractivity contribution is -0.119. The van der Waals surface area contributed by atoms with Crippen LogP contribution in [0.2, 0.25) is 5.02 Å². The smallest absolute Gasteiger partial charge is 0.264 e. The van der Waals surface area contributed by atoms with Crippen LogP contribution in [0.5, 0.6) is 11.5 Å². The van der Waals surface area contributed by atoms with Crippen molar-refractivity contribution in [1.82, 2.24) is 5.43 Å². The van der Waals surface area contributed by atoms with Crippen molar-refractivity contribution in [2.75, 3.05) is 18.0 Å². The van der Waals surface area contributed by atoms with Gasteiger partial charge in [-0.25, -0.2) is 13.8 Å². The monoisotopic (exact) mass is 669 g/mol. The Balaban J connectivity index is 1.48.